The smallest absolute Gasteiger partial charge is 0.268 e. The molecule has 0 aromatic carbocycles. The molecule has 8 heteroatoms. The molecule has 2 heterocycles. The van der Waals surface area contributed by atoms with Crippen LogP contribution in [0, 0.1) is 0 Å². The number of hydrogen-bond donors (Lipinski definition) is 3. The van der Waals surface area contributed by atoms with Crippen molar-refractivity contribution in [2.45, 2.75) is 25.0 Å². The van der Waals surface area contributed by atoms with Crippen LogP contribution in [0.15, 0.2) is 0 Å². The molecule has 1 atom stereocenters. The van der Waals surface area contributed by atoms with Crippen LogP contribution < -0.4 is 11.1 Å². The quantitative estimate of drug-likeness (QED) is 0.730. The minimum atomic E-state index is -0.314. The van der Waals surface area contributed by atoms with Gasteiger partial charge in [-0.3, -0.25) is 4.79 Å². The van der Waals surface area contributed by atoms with Crippen LogP contribution >= 0.6 is 11.3 Å². The average Bonchev–Trinajstić information content (AvgIpc) is 3.20. The first kappa shape index (κ1) is 13.6. The predicted molar refractivity (Wildman–Crippen MR) is 75.9 cm³/mol. The maximum absolute atomic E-state index is 12.4. The monoisotopic (exact) mass is 298 g/mol. The van der Waals surface area contributed by atoms with E-state index in [4.69, 9.17) is 15.6 Å². The number of anilines is 2. The van der Waals surface area contributed by atoms with Crippen molar-refractivity contribution in [3.63, 3.8) is 0 Å². The molecule has 1 aromatic heterocycles. The Hall–Kier alpha value is -1.38. The maximum Gasteiger partial charge on any atom is 0.268 e. The molecule has 4 N–H and O–H groups in total. The fraction of sp³-hybridized carbons (Fsp3) is 0.667. The minimum absolute atomic E-state index is 0.0869. The molecular weight excluding hydrogens is 280 g/mol. The molecule has 1 unspecified atom stereocenters. The number of aliphatic hydroxyl groups excluding tert-OH is 1. The fourth-order valence-corrected chi connectivity index (χ4v) is 3.04. The Balaban J connectivity index is 1.70. The number of nitrogens with one attached hydrogen (secondary N) is 1. The average molecular weight is 298 g/mol. The second-order valence-corrected chi connectivity index (χ2v) is 6.08. The molecule has 3 rings (SSSR count). The third-order valence-electron chi connectivity index (χ3n) is 3.38. The number of nitrogen functional groups attached to an aromatic ring is 1. The van der Waals surface area contributed by atoms with Crippen LogP contribution in [-0.4, -0.2) is 59.3 Å². The van der Waals surface area contributed by atoms with E-state index in [2.05, 4.69) is 10.3 Å². The zero-order valence-electron chi connectivity index (χ0n) is 11.0. The lowest BCUT2D eigenvalue weighted by molar-refractivity contribution is -0.0445. The molecule has 1 aliphatic carbocycles. The summed E-state index contributed by atoms with van der Waals surface area (Å²) in [6.45, 7) is 1.25. The summed E-state index contributed by atoms with van der Waals surface area (Å²) < 4.78 is 5.34. The Bertz CT molecular complexity index is 503. The Morgan fingerprint density at radius 3 is 3.10 bits per heavy atom. The summed E-state index contributed by atoms with van der Waals surface area (Å²) in [6, 6.07) is 0.477. The summed E-state index contributed by atoms with van der Waals surface area (Å²) in [5.74, 6) is 0.140. The summed E-state index contributed by atoms with van der Waals surface area (Å²) in [5, 5.41) is 13.1. The summed E-state index contributed by atoms with van der Waals surface area (Å²) in [5.41, 5.74) is 5.84. The van der Waals surface area contributed by atoms with Gasteiger partial charge in [-0.1, -0.05) is 11.3 Å². The summed E-state index contributed by atoms with van der Waals surface area (Å²) >= 11 is 1.30. The SMILES string of the molecule is Nc1nc(NC2CC2)sc1C(=O)N1CCOC(CO)C1. The molecule has 1 aromatic rings. The second-order valence-electron chi connectivity index (χ2n) is 5.08. The number of aliphatic hydroxyl groups is 1. The highest BCUT2D eigenvalue weighted by molar-refractivity contribution is 7.18. The first-order chi connectivity index (χ1) is 9.67. The number of ether oxygens (including phenoxy) is 1. The lowest BCUT2D eigenvalue weighted by Gasteiger charge is -2.31. The van der Waals surface area contributed by atoms with Crippen molar-refractivity contribution in [3.05, 3.63) is 4.88 Å². The van der Waals surface area contributed by atoms with Crippen molar-refractivity contribution < 1.29 is 14.6 Å². The van der Waals surface area contributed by atoms with Gasteiger partial charge in [0.05, 0.1) is 19.3 Å². The number of aromatic nitrogens is 1. The Morgan fingerprint density at radius 1 is 1.60 bits per heavy atom. The van der Waals surface area contributed by atoms with Crippen LogP contribution in [0.5, 0.6) is 0 Å². The lowest BCUT2D eigenvalue weighted by atomic mass is 10.2. The fourth-order valence-electron chi connectivity index (χ4n) is 2.11. The molecular formula is C12H18N4O3S. The topological polar surface area (TPSA) is 101 Å². The zero-order valence-corrected chi connectivity index (χ0v) is 11.9. The van der Waals surface area contributed by atoms with E-state index in [-0.39, 0.29) is 24.4 Å². The van der Waals surface area contributed by atoms with Crippen molar-refractivity contribution >= 4 is 28.2 Å². The van der Waals surface area contributed by atoms with Gasteiger partial charge in [0.25, 0.3) is 5.91 Å². The van der Waals surface area contributed by atoms with E-state index in [9.17, 15) is 4.79 Å². The van der Waals surface area contributed by atoms with Gasteiger partial charge in [-0.2, -0.15) is 0 Å². The van der Waals surface area contributed by atoms with E-state index in [1.165, 1.54) is 11.3 Å². The lowest BCUT2D eigenvalue weighted by Crippen LogP contribution is -2.46. The van der Waals surface area contributed by atoms with Gasteiger partial charge in [-0.05, 0) is 12.8 Å². The second kappa shape index (κ2) is 5.55. The molecule has 0 radical (unpaired) electrons. The molecule has 2 aliphatic rings. The molecule has 1 amide bonds. The molecule has 7 nitrogen and oxygen atoms in total. The molecule has 1 saturated heterocycles. The van der Waals surface area contributed by atoms with Gasteiger partial charge >= 0.3 is 0 Å². The maximum atomic E-state index is 12.4. The number of hydrogen-bond acceptors (Lipinski definition) is 7. The van der Waals surface area contributed by atoms with Gasteiger partial charge in [-0.15, -0.1) is 0 Å². The zero-order chi connectivity index (χ0) is 14.1. The summed E-state index contributed by atoms with van der Waals surface area (Å²) in [4.78, 5) is 18.8. The van der Waals surface area contributed by atoms with Crippen molar-refractivity contribution in [2.24, 2.45) is 0 Å². The van der Waals surface area contributed by atoms with Crippen molar-refractivity contribution in [1.82, 2.24) is 9.88 Å². The van der Waals surface area contributed by atoms with Crippen LogP contribution in [0.4, 0.5) is 10.9 Å². The molecule has 20 heavy (non-hydrogen) atoms. The van der Waals surface area contributed by atoms with Crippen molar-refractivity contribution in [3.8, 4) is 0 Å². The van der Waals surface area contributed by atoms with Crippen LogP contribution in [0.25, 0.3) is 0 Å². The summed E-state index contributed by atoms with van der Waals surface area (Å²) in [6.07, 6.45) is 1.97. The Kier molecular flexibility index (Phi) is 3.77. The Labute approximate surface area is 120 Å². The third-order valence-corrected chi connectivity index (χ3v) is 4.37. The highest BCUT2D eigenvalue weighted by Gasteiger charge is 2.29. The summed E-state index contributed by atoms with van der Waals surface area (Å²) in [7, 11) is 0. The van der Waals surface area contributed by atoms with E-state index < -0.39 is 0 Å². The number of carbonyl (C=O) groups excluding carboxylic acids is 1. The number of rotatable bonds is 4. The first-order valence-electron chi connectivity index (χ1n) is 6.72. The molecule has 0 spiro atoms. The number of carbonyl (C=O) groups is 1. The van der Waals surface area contributed by atoms with Crippen LogP contribution in [0.3, 0.4) is 0 Å². The van der Waals surface area contributed by atoms with E-state index in [0.717, 1.165) is 12.8 Å². The highest BCUT2D eigenvalue weighted by Crippen LogP contribution is 2.31. The van der Waals surface area contributed by atoms with E-state index >= 15 is 0 Å². The van der Waals surface area contributed by atoms with Crippen LogP contribution in [0.1, 0.15) is 22.5 Å². The van der Waals surface area contributed by atoms with Gasteiger partial charge in [0.2, 0.25) is 0 Å². The van der Waals surface area contributed by atoms with E-state index in [1.807, 2.05) is 0 Å². The highest BCUT2D eigenvalue weighted by atomic mass is 32.1. The van der Waals surface area contributed by atoms with Crippen LogP contribution in [-0.2, 0) is 4.74 Å². The van der Waals surface area contributed by atoms with Crippen molar-refractivity contribution in [1.29, 1.82) is 0 Å². The number of nitrogens with two attached hydrogens (primary N) is 1. The molecule has 1 aliphatic heterocycles. The van der Waals surface area contributed by atoms with Gasteiger partial charge in [-0.25, -0.2) is 4.98 Å². The number of nitrogens with zero attached hydrogens (tertiary/aromatic N) is 2. The van der Waals surface area contributed by atoms with Crippen molar-refractivity contribution in [2.75, 3.05) is 37.4 Å². The standard InChI is InChI=1S/C12H18N4O3S/c13-10-9(20-12(15-10)14-7-1-2-7)11(18)16-3-4-19-8(5-16)6-17/h7-8,17H,1-6,13H2,(H,14,15). The third kappa shape index (κ3) is 2.87. The van der Waals surface area contributed by atoms with Gasteiger partial charge in [0.15, 0.2) is 5.13 Å². The van der Waals surface area contributed by atoms with Gasteiger partial charge in [0, 0.05) is 19.1 Å². The molecule has 2 fully saturated rings. The van der Waals surface area contributed by atoms with Gasteiger partial charge in [0.1, 0.15) is 10.7 Å². The Morgan fingerprint density at radius 2 is 2.40 bits per heavy atom. The number of amides is 1. The predicted octanol–water partition coefficient (Wildman–Crippen LogP) is 0.133. The van der Waals surface area contributed by atoms with Gasteiger partial charge < -0.3 is 25.8 Å². The van der Waals surface area contributed by atoms with E-state index in [0.29, 0.717) is 35.7 Å². The molecule has 110 valence electrons. The normalized spacial score (nSPS) is 22.9. The largest absolute Gasteiger partial charge is 0.394 e. The minimum Gasteiger partial charge on any atom is -0.394 e. The molecule has 1 saturated carbocycles. The number of thiazole rings is 1. The molecule has 0 bridgehead atoms. The van der Waals surface area contributed by atoms with Crippen LogP contribution in [0.2, 0.25) is 0 Å². The number of morpholine rings is 1. The van der Waals surface area contributed by atoms with E-state index in [1.54, 1.807) is 4.90 Å². The first-order valence-corrected chi connectivity index (χ1v) is 7.53.